The molecular formula is C15H16ClF2N3O3. The van der Waals surface area contributed by atoms with Gasteiger partial charge in [-0.15, -0.1) is 12.4 Å². The number of carbonyl (C=O) groups excluding carboxylic acids is 2. The van der Waals surface area contributed by atoms with Gasteiger partial charge in [-0.3, -0.25) is 9.69 Å². The number of hydrogen-bond donors (Lipinski definition) is 1. The van der Waals surface area contributed by atoms with Crippen LogP contribution in [0.25, 0.3) is 0 Å². The lowest BCUT2D eigenvalue weighted by Crippen LogP contribution is -2.28. The second kappa shape index (κ2) is 7.14. The normalized spacial score (nSPS) is 20.2. The minimum atomic E-state index is -0.817. The molecule has 1 aromatic rings. The van der Waals surface area contributed by atoms with Crippen LogP contribution in [0.4, 0.5) is 25.0 Å². The summed E-state index contributed by atoms with van der Waals surface area (Å²) in [5.74, 6) is -1.72. The number of rotatable bonds is 3. The maximum Gasteiger partial charge on any atom is 0.414 e. The third-order valence-corrected chi connectivity index (χ3v) is 3.78. The monoisotopic (exact) mass is 359 g/mol. The van der Waals surface area contributed by atoms with Crippen LogP contribution in [0.3, 0.4) is 0 Å². The highest BCUT2D eigenvalue weighted by molar-refractivity contribution is 5.92. The van der Waals surface area contributed by atoms with Gasteiger partial charge in [0.15, 0.2) is 17.4 Å². The molecule has 0 spiro atoms. The van der Waals surface area contributed by atoms with Crippen molar-refractivity contribution in [2.75, 3.05) is 29.4 Å². The lowest BCUT2D eigenvalue weighted by molar-refractivity contribution is -0.114. The Bertz CT molecular complexity index is 676. The Hall–Kier alpha value is -2.19. The molecule has 6 nitrogen and oxygen atoms in total. The molecule has 130 valence electrons. The Morgan fingerprint density at radius 1 is 1.25 bits per heavy atom. The van der Waals surface area contributed by atoms with Crippen molar-refractivity contribution in [3.8, 4) is 0 Å². The Morgan fingerprint density at radius 3 is 2.42 bits per heavy atom. The molecule has 1 atom stereocenters. The van der Waals surface area contributed by atoms with E-state index in [9.17, 15) is 18.4 Å². The lowest BCUT2D eigenvalue weighted by atomic mass is 10.1. The Morgan fingerprint density at radius 2 is 1.92 bits per heavy atom. The molecule has 0 unspecified atom stereocenters. The van der Waals surface area contributed by atoms with Crippen molar-refractivity contribution < 1.29 is 23.1 Å². The summed E-state index contributed by atoms with van der Waals surface area (Å²) in [6, 6.07) is 2.14. The van der Waals surface area contributed by atoms with Gasteiger partial charge < -0.3 is 15.4 Å². The Kier molecular flexibility index (Phi) is 5.40. The van der Waals surface area contributed by atoms with Gasteiger partial charge in [0.05, 0.1) is 12.2 Å². The van der Waals surface area contributed by atoms with Crippen molar-refractivity contribution in [1.29, 1.82) is 0 Å². The molecule has 2 heterocycles. The largest absolute Gasteiger partial charge is 0.443 e. The zero-order chi connectivity index (χ0) is 16.6. The standard InChI is InChI=1S/C15H15F2N3O3.ClH/c16-12-5-9(20-8-11(7-18)23-15(20)22)6-13(17)14(12)19-3-1-10(21)2-4-19;/h1,3,5-6,11H,2,4,7-8,18H2;1H/t11-;/m0./s1. The summed E-state index contributed by atoms with van der Waals surface area (Å²) in [4.78, 5) is 25.4. The van der Waals surface area contributed by atoms with Crippen molar-refractivity contribution in [1.82, 2.24) is 0 Å². The van der Waals surface area contributed by atoms with Gasteiger partial charge in [-0.2, -0.15) is 0 Å². The molecule has 1 amide bonds. The van der Waals surface area contributed by atoms with Gasteiger partial charge in [-0.1, -0.05) is 0 Å². The molecule has 9 heteroatoms. The van der Waals surface area contributed by atoms with Crippen molar-refractivity contribution in [2.45, 2.75) is 12.5 Å². The number of ketones is 1. The molecule has 24 heavy (non-hydrogen) atoms. The van der Waals surface area contributed by atoms with Gasteiger partial charge in [0.1, 0.15) is 11.8 Å². The minimum absolute atomic E-state index is 0. The van der Waals surface area contributed by atoms with E-state index in [0.29, 0.717) is 0 Å². The summed E-state index contributed by atoms with van der Waals surface area (Å²) in [5, 5.41) is 0. The summed E-state index contributed by atoms with van der Waals surface area (Å²) >= 11 is 0. The Balaban J connectivity index is 0.00000208. The number of carbonyl (C=O) groups is 2. The van der Waals surface area contributed by atoms with E-state index >= 15 is 0 Å². The molecule has 2 aliphatic rings. The number of benzene rings is 1. The number of cyclic esters (lactones) is 1. The van der Waals surface area contributed by atoms with Gasteiger partial charge in [-0.05, 0) is 6.08 Å². The number of ether oxygens (including phenoxy) is 1. The fraction of sp³-hybridized carbons (Fsp3) is 0.333. The second-order valence-electron chi connectivity index (χ2n) is 5.34. The van der Waals surface area contributed by atoms with Crippen LogP contribution >= 0.6 is 12.4 Å². The molecule has 0 aliphatic carbocycles. The first-order valence-electron chi connectivity index (χ1n) is 7.14. The molecule has 1 aromatic carbocycles. The second-order valence-corrected chi connectivity index (χ2v) is 5.34. The summed E-state index contributed by atoms with van der Waals surface area (Å²) in [6.07, 6.45) is 1.63. The van der Waals surface area contributed by atoms with E-state index in [-0.39, 0.29) is 55.6 Å². The van der Waals surface area contributed by atoms with Gasteiger partial charge in [0.25, 0.3) is 0 Å². The van der Waals surface area contributed by atoms with Crippen LogP contribution in [0.1, 0.15) is 6.42 Å². The fourth-order valence-corrected chi connectivity index (χ4v) is 2.59. The SMILES string of the molecule is Cl.NC[C@H]1CN(c2cc(F)c(N3C=CC(=O)CC3)c(F)c2)C(=O)O1. The molecule has 0 aromatic heterocycles. The third kappa shape index (κ3) is 3.34. The summed E-state index contributed by atoms with van der Waals surface area (Å²) in [5.41, 5.74) is 5.26. The van der Waals surface area contributed by atoms with Crippen molar-refractivity contribution in [3.05, 3.63) is 36.0 Å². The molecule has 1 fully saturated rings. The van der Waals surface area contributed by atoms with E-state index in [1.165, 1.54) is 17.2 Å². The number of nitrogens with two attached hydrogens (primary N) is 1. The summed E-state index contributed by atoms with van der Waals surface area (Å²) in [6.45, 7) is 0.479. The van der Waals surface area contributed by atoms with Crippen molar-refractivity contribution in [2.24, 2.45) is 5.73 Å². The van der Waals surface area contributed by atoms with E-state index in [2.05, 4.69) is 0 Å². The topological polar surface area (TPSA) is 75.9 Å². The van der Waals surface area contributed by atoms with E-state index in [4.69, 9.17) is 10.5 Å². The first-order valence-corrected chi connectivity index (χ1v) is 7.14. The average molecular weight is 360 g/mol. The van der Waals surface area contributed by atoms with Crippen LogP contribution < -0.4 is 15.5 Å². The molecule has 3 rings (SSSR count). The van der Waals surface area contributed by atoms with E-state index in [0.717, 1.165) is 17.0 Å². The first-order chi connectivity index (χ1) is 11.0. The highest BCUT2D eigenvalue weighted by atomic mass is 35.5. The number of halogens is 3. The molecule has 2 aliphatic heterocycles. The highest BCUT2D eigenvalue weighted by Gasteiger charge is 2.32. The van der Waals surface area contributed by atoms with Crippen LogP contribution in [-0.2, 0) is 9.53 Å². The van der Waals surface area contributed by atoms with Crippen LogP contribution in [0.15, 0.2) is 24.4 Å². The highest BCUT2D eigenvalue weighted by Crippen LogP contribution is 2.31. The first kappa shape index (κ1) is 18.2. The number of nitrogens with zero attached hydrogens (tertiary/aromatic N) is 2. The maximum absolute atomic E-state index is 14.3. The minimum Gasteiger partial charge on any atom is -0.443 e. The molecular weight excluding hydrogens is 344 g/mol. The number of allylic oxidation sites excluding steroid dienone is 1. The van der Waals surface area contributed by atoms with Gasteiger partial charge >= 0.3 is 6.09 Å². The van der Waals surface area contributed by atoms with Gasteiger partial charge in [0, 0.05) is 37.8 Å². The predicted octanol–water partition coefficient (Wildman–Crippen LogP) is 1.96. The molecule has 0 bridgehead atoms. The molecule has 0 radical (unpaired) electrons. The predicted molar refractivity (Wildman–Crippen MR) is 86.4 cm³/mol. The lowest BCUT2D eigenvalue weighted by Gasteiger charge is -2.25. The molecule has 0 saturated carbocycles. The van der Waals surface area contributed by atoms with Crippen LogP contribution in [-0.4, -0.2) is 37.6 Å². The Labute approximate surface area is 143 Å². The zero-order valence-corrected chi connectivity index (χ0v) is 13.4. The number of hydrogen-bond acceptors (Lipinski definition) is 5. The average Bonchev–Trinajstić information content (AvgIpc) is 2.89. The zero-order valence-electron chi connectivity index (χ0n) is 12.6. The van der Waals surface area contributed by atoms with E-state index in [1.54, 1.807) is 0 Å². The van der Waals surface area contributed by atoms with E-state index in [1.807, 2.05) is 0 Å². The van der Waals surface area contributed by atoms with Crippen molar-refractivity contribution >= 4 is 35.7 Å². The van der Waals surface area contributed by atoms with Crippen molar-refractivity contribution in [3.63, 3.8) is 0 Å². The molecule has 2 N–H and O–H groups in total. The van der Waals surface area contributed by atoms with Crippen LogP contribution in [0.2, 0.25) is 0 Å². The number of anilines is 2. The quantitative estimate of drug-likeness (QED) is 0.893. The van der Waals surface area contributed by atoms with E-state index < -0.39 is 23.8 Å². The number of amides is 1. The smallest absolute Gasteiger partial charge is 0.414 e. The molecule has 1 saturated heterocycles. The van der Waals surface area contributed by atoms with Crippen LogP contribution in [0.5, 0.6) is 0 Å². The summed E-state index contributed by atoms with van der Waals surface area (Å²) in [7, 11) is 0. The maximum atomic E-state index is 14.3. The van der Waals surface area contributed by atoms with Gasteiger partial charge in [-0.25, -0.2) is 13.6 Å². The fourth-order valence-electron chi connectivity index (χ4n) is 2.59. The van der Waals surface area contributed by atoms with Gasteiger partial charge in [0.2, 0.25) is 0 Å². The summed E-state index contributed by atoms with van der Waals surface area (Å²) < 4.78 is 33.7. The van der Waals surface area contributed by atoms with Crippen LogP contribution in [0, 0.1) is 11.6 Å². The third-order valence-electron chi connectivity index (χ3n) is 3.78.